The number of carbonyl (C=O) groups is 2. The minimum Gasteiger partial charge on any atom is -0.465 e. The van der Waals surface area contributed by atoms with Gasteiger partial charge in [0.1, 0.15) is 5.03 Å². The Balaban J connectivity index is 2.51. The molecule has 0 unspecified atom stereocenters. The van der Waals surface area contributed by atoms with Crippen molar-refractivity contribution in [3.05, 3.63) is 11.8 Å². The van der Waals surface area contributed by atoms with Crippen LogP contribution in [0, 0.1) is 6.92 Å². The minimum absolute atomic E-state index is 0.173. The molecule has 6 nitrogen and oxygen atoms in total. The smallest absolute Gasteiger partial charge is 0.316 e. The SMILES string of the molecule is CCCOC(=O)CSc1cc(C)nc(SCC(=O)OCCC)n1. The topological polar surface area (TPSA) is 78.4 Å². The number of ether oxygens (including phenoxy) is 2. The van der Waals surface area contributed by atoms with Crippen LogP contribution in [-0.4, -0.2) is 46.6 Å². The van der Waals surface area contributed by atoms with Gasteiger partial charge in [-0.25, -0.2) is 9.97 Å². The Bertz CT molecular complexity index is 484. The van der Waals surface area contributed by atoms with Gasteiger partial charge in [-0.05, 0) is 25.8 Å². The molecule has 0 aromatic carbocycles. The van der Waals surface area contributed by atoms with Crippen molar-refractivity contribution in [2.45, 2.75) is 43.8 Å². The van der Waals surface area contributed by atoms with E-state index in [1.807, 2.05) is 20.8 Å². The Morgan fingerprint density at radius 2 is 1.57 bits per heavy atom. The van der Waals surface area contributed by atoms with Gasteiger partial charge in [0.05, 0.1) is 24.7 Å². The van der Waals surface area contributed by atoms with Crippen molar-refractivity contribution in [1.29, 1.82) is 0 Å². The van der Waals surface area contributed by atoms with Crippen molar-refractivity contribution < 1.29 is 19.1 Å². The molecule has 0 aliphatic rings. The number of esters is 2. The summed E-state index contributed by atoms with van der Waals surface area (Å²) in [5.74, 6) is -0.157. The number of aromatic nitrogens is 2. The Morgan fingerprint density at radius 3 is 2.13 bits per heavy atom. The summed E-state index contributed by atoms with van der Waals surface area (Å²) in [5, 5.41) is 1.19. The van der Waals surface area contributed by atoms with Crippen molar-refractivity contribution in [3.8, 4) is 0 Å². The normalized spacial score (nSPS) is 10.4. The van der Waals surface area contributed by atoms with Gasteiger partial charge in [-0.15, -0.1) is 0 Å². The minimum atomic E-state index is -0.278. The van der Waals surface area contributed by atoms with Crippen LogP contribution in [0.1, 0.15) is 32.4 Å². The lowest BCUT2D eigenvalue weighted by molar-refractivity contribution is -0.141. The van der Waals surface area contributed by atoms with Crippen molar-refractivity contribution in [2.75, 3.05) is 24.7 Å². The molecule has 0 amide bonds. The number of thioether (sulfide) groups is 2. The van der Waals surface area contributed by atoms with E-state index in [0.29, 0.717) is 23.4 Å². The molecule has 0 aliphatic carbocycles. The molecule has 0 saturated heterocycles. The van der Waals surface area contributed by atoms with E-state index >= 15 is 0 Å². The lowest BCUT2D eigenvalue weighted by Gasteiger charge is -2.06. The molecule has 0 fully saturated rings. The highest BCUT2D eigenvalue weighted by Crippen LogP contribution is 2.21. The predicted molar refractivity (Wildman–Crippen MR) is 90.7 cm³/mol. The van der Waals surface area contributed by atoms with Gasteiger partial charge in [0.2, 0.25) is 0 Å². The average Bonchev–Trinajstić information content (AvgIpc) is 2.53. The van der Waals surface area contributed by atoms with Gasteiger partial charge in [-0.2, -0.15) is 0 Å². The van der Waals surface area contributed by atoms with E-state index < -0.39 is 0 Å². The molecule has 0 atom stereocenters. The maximum Gasteiger partial charge on any atom is 0.316 e. The summed E-state index contributed by atoms with van der Waals surface area (Å²) < 4.78 is 10.0. The quantitative estimate of drug-likeness (QED) is 0.273. The fraction of sp³-hybridized carbons (Fsp3) is 0.600. The third kappa shape index (κ3) is 8.80. The molecule has 0 radical (unpaired) electrons. The molecule has 1 aromatic heterocycles. The predicted octanol–water partition coefficient (Wildman–Crippen LogP) is 2.88. The second kappa shape index (κ2) is 11.3. The summed E-state index contributed by atoms with van der Waals surface area (Å²) in [6.07, 6.45) is 1.60. The Kier molecular flexibility index (Phi) is 9.70. The van der Waals surface area contributed by atoms with Crippen LogP contribution < -0.4 is 0 Å². The first-order chi connectivity index (χ1) is 11.0. The van der Waals surface area contributed by atoms with E-state index in [1.165, 1.54) is 23.5 Å². The van der Waals surface area contributed by atoms with E-state index in [-0.39, 0.29) is 23.4 Å². The van der Waals surface area contributed by atoms with Crippen molar-refractivity contribution in [2.24, 2.45) is 0 Å². The number of hydrogen-bond donors (Lipinski definition) is 0. The molecule has 23 heavy (non-hydrogen) atoms. The lowest BCUT2D eigenvalue weighted by atomic mass is 10.5. The maximum absolute atomic E-state index is 11.5. The summed E-state index contributed by atoms with van der Waals surface area (Å²) >= 11 is 2.53. The molecule has 0 saturated carbocycles. The van der Waals surface area contributed by atoms with Crippen molar-refractivity contribution >= 4 is 35.5 Å². The molecule has 0 spiro atoms. The van der Waals surface area contributed by atoms with Crippen LogP contribution in [0.5, 0.6) is 0 Å². The van der Waals surface area contributed by atoms with E-state index in [9.17, 15) is 9.59 Å². The fourth-order valence-electron chi connectivity index (χ4n) is 1.42. The number of aryl methyl sites for hydroxylation is 1. The summed E-state index contributed by atoms with van der Waals surface area (Å²) in [6.45, 7) is 6.60. The van der Waals surface area contributed by atoms with Gasteiger partial charge in [0, 0.05) is 5.69 Å². The first kappa shape index (κ1) is 19.8. The highest BCUT2D eigenvalue weighted by atomic mass is 32.2. The van der Waals surface area contributed by atoms with Crippen LogP contribution in [0.25, 0.3) is 0 Å². The first-order valence-corrected chi connectivity index (χ1v) is 9.44. The summed E-state index contributed by atoms with van der Waals surface area (Å²) in [5.41, 5.74) is 0.786. The average molecular weight is 358 g/mol. The van der Waals surface area contributed by atoms with Crippen LogP contribution >= 0.6 is 23.5 Å². The van der Waals surface area contributed by atoms with E-state index in [0.717, 1.165) is 18.5 Å². The maximum atomic E-state index is 11.5. The van der Waals surface area contributed by atoms with Crippen LogP contribution in [0.3, 0.4) is 0 Å². The highest BCUT2D eigenvalue weighted by Gasteiger charge is 2.10. The second-order valence-electron chi connectivity index (χ2n) is 4.65. The van der Waals surface area contributed by atoms with Gasteiger partial charge >= 0.3 is 11.9 Å². The van der Waals surface area contributed by atoms with E-state index in [4.69, 9.17) is 9.47 Å². The number of rotatable bonds is 10. The molecule has 0 N–H and O–H groups in total. The van der Waals surface area contributed by atoms with Crippen LogP contribution in [0.4, 0.5) is 0 Å². The Labute approximate surface area is 145 Å². The molecule has 0 bridgehead atoms. The molecule has 0 aliphatic heterocycles. The molecular weight excluding hydrogens is 336 g/mol. The molecule has 1 rings (SSSR count). The lowest BCUT2D eigenvalue weighted by Crippen LogP contribution is -2.09. The molecule has 1 heterocycles. The first-order valence-electron chi connectivity index (χ1n) is 7.47. The number of nitrogens with zero attached hydrogens (tertiary/aromatic N) is 2. The second-order valence-corrected chi connectivity index (χ2v) is 6.59. The zero-order valence-corrected chi connectivity index (χ0v) is 15.3. The summed E-state index contributed by atoms with van der Waals surface area (Å²) in [6, 6.07) is 1.80. The third-order valence-corrected chi connectivity index (χ3v) is 4.11. The largest absolute Gasteiger partial charge is 0.465 e. The summed E-state index contributed by atoms with van der Waals surface area (Å²) in [7, 11) is 0. The number of carbonyl (C=O) groups excluding carboxylic acids is 2. The van der Waals surface area contributed by atoms with Crippen molar-refractivity contribution in [1.82, 2.24) is 9.97 Å². The van der Waals surface area contributed by atoms with Gasteiger partial charge in [0.15, 0.2) is 5.16 Å². The van der Waals surface area contributed by atoms with E-state index in [1.54, 1.807) is 6.07 Å². The van der Waals surface area contributed by atoms with Crippen LogP contribution in [-0.2, 0) is 19.1 Å². The van der Waals surface area contributed by atoms with Gasteiger partial charge < -0.3 is 9.47 Å². The van der Waals surface area contributed by atoms with Crippen LogP contribution in [0.2, 0.25) is 0 Å². The summed E-state index contributed by atoms with van der Waals surface area (Å²) in [4.78, 5) is 31.6. The standard InChI is InChI=1S/C15H22N2O4S2/c1-4-6-20-13(18)9-22-12-8-11(3)16-15(17-12)23-10-14(19)21-7-5-2/h8H,4-7,9-10H2,1-3H3. The Morgan fingerprint density at radius 1 is 1.00 bits per heavy atom. The third-order valence-electron chi connectivity index (χ3n) is 2.40. The van der Waals surface area contributed by atoms with Crippen molar-refractivity contribution in [3.63, 3.8) is 0 Å². The van der Waals surface area contributed by atoms with Crippen LogP contribution in [0.15, 0.2) is 16.2 Å². The highest BCUT2D eigenvalue weighted by molar-refractivity contribution is 8.00. The molecule has 1 aromatic rings. The zero-order valence-electron chi connectivity index (χ0n) is 13.7. The molecule has 8 heteroatoms. The van der Waals surface area contributed by atoms with Gasteiger partial charge in [0.25, 0.3) is 0 Å². The molecular formula is C15H22N2O4S2. The zero-order chi connectivity index (χ0) is 17.1. The fourth-order valence-corrected chi connectivity index (χ4v) is 2.94. The monoisotopic (exact) mass is 358 g/mol. The van der Waals surface area contributed by atoms with Gasteiger partial charge in [-0.1, -0.05) is 37.4 Å². The van der Waals surface area contributed by atoms with Gasteiger partial charge in [-0.3, -0.25) is 9.59 Å². The number of hydrogen-bond acceptors (Lipinski definition) is 8. The molecule has 128 valence electrons. The van der Waals surface area contributed by atoms with E-state index in [2.05, 4.69) is 9.97 Å². The Hall–Kier alpha value is -1.28.